The van der Waals surface area contributed by atoms with E-state index in [0.29, 0.717) is 0 Å². The monoisotopic (exact) mass is 881 g/mol. The van der Waals surface area contributed by atoms with Gasteiger partial charge in [-0.3, -0.25) is 0 Å². The minimum Gasteiger partial charge on any atom is -0.311 e. The lowest BCUT2D eigenvalue weighted by Gasteiger charge is -2.49. The predicted molar refractivity (Wildman–Crippen MR) is 289 cm³/mol. The van der Waals surface area contributed by atoms with Crippen LogP contribution in [0.3, 0.4) is 0 Å². The highest BCUT2D eigenvalue weighted by atomic mass is 15.2. The van der Waals surface area contributed by atoms with Crippen molar-refractivity contribution in [1.29, 1.82) is 0 Å². The summed E-state index contributed by atoms with van der Waals surface area (Å²) in [4.78, 5) is 5.48. The summed E-state index contributed by atoms with van der Waals surface area (Å²) in [5.41, 5.74) is 28.7. The number of hydrogen-bond donors (Lipinski definition) is 0. The van der Waals surface area contributed by atoms with Crippen LogP contribution in [0.2, 0.25) is 0 Å². The Bertz CT molecular complexity index is 3150. The van der Waals surface area contributed by atoms with Crippen LogP contribution in [-0.4, -0.2) is 6.71 Å². The summed E-state index contributed by atoms with van der Waals surface area (Å²) >= 11 is 0. The fraction of sp³-hybridized carbons (Fsp3) is 0.438. The van der Waals surface area contributed by atoms with Crippen molar-refractivity contribution >= 4 is 57.2 Å². The standard InChI is InChI=1S/C64H73BN2/c1-38-31-54-57-55(32-38)67(51-22-18-21-43-56(51)40-19-16-17-20-41(40)64(43,14)15)53-37-48-46(61(8,9)28-30-63(48,12)13)35-50(53)65(57)49-34-45-47(62(10,11)29-27-60(45,6)7)36-52(49)66(54)39-23-24-42-44(33-39)59(4,5)26-25-58(42,2)3/h16-24,31-37H,25-30H2,1-15H3. The Kier molecular flexibility index (Phi) is 8.65. The Labute approximate surface area is 403 Å². The molecule has 342 valence electrons. The van der Waals surface area contributed by atoms with E-state index >= 15 is 0 Å². The van der Waals surface area contributed by atoms with Crippen LogP contribution >= 0.6 is 0 Å². The van der Waals surface area contributed by atoms with E-state index in [2.05, 4.69) is 211 Å². The Morgan fingerprint density at radius 2 is 0.821 bits per heavy atom. The van der Waals surface area contributed by atoms with Crippen LogP contribution in [0, 0.1) is 6.92 Å². The predicted octanol–water partition coefficient (Wildman–Crippen LogP) is 15.4. The van der Waals surface area contributed by atoms with Crippen molar-refractivity contribution < 1.29 is 0 Å². The topological polar surface area (TPSA) is 6.48 Å². The molecule has 2 heterocycles. The van der Waals surface area contributed by atoms with Gasteiger partial charge in [0.2, 0.25) is 0 Å². The summed E-state index contributed by atoms with van der Waals surface area (Å²) < 4.78 is 0. The molecule has 0 spiro atoms. The van der Waals surface area contributed by atoms with Gasteiger partial charge >= 0.3 is 0 Å². The first-order valence-electron chi connectivity index (χ1n) is 25.9. The van der Waals surface area contributed by atoms with E-state index in [-0.39, 0.29) is 44.6 Å². The molecule has 2 nitrogen and oxygen atoms in total. The minimum atomic E-state index is -0.110. The lowest BCUT2D eigenvalue weighted by Crippen LogP contribution is -2.62. The second-order valence-electron chi connectivity index (χ2n) is 26.6. The molecule has 4 aliphatic carbocycles. The number of rotatable bonds is 2. The van der Waals surface area contributed by atoms with Crippen molar-refractivity contribution in [3.05, 3.63) is 147 Å². The molecule has 0 aromatic heterocycles. The molecule has 67 heavy (non-hydrogen) atoms. The van der Waals surface area contributed by atoms with Crippen LogP contribution in [0.5, 0.6) is 0 Å². The summed E-state index contributed by atoms with van der Waals surface area (Å²) in [5, 5.41) is 0. The third-order valence-corrected chi connectivity index (χ3v) is 19.1. The van der Waals surface area contributed by atoms with Crippen LogP contribution in [-0.2, 0) is 37.9 Å². The highest BCUT2D eigenvalue weighted by Crippen LogP contribution is 2.58. The normalized spacial score (nSPS) is 21.7. The van der Waals surface area contributed by atoms with E-state index in [1.54, 1.807) is 0 Å². The third-order valence-electron chi connectivity index (χ3n) is 19.1. The van der Waals surface area contributed by atoms with Crippen LogP contribution in [0.4, 0.5) is 34.1 Å². The molecule has 0 saturated heterocycles. The van der Waals surface area contributed by atoms with Crippen LogP contribution in [0.1, 0.15) is 186 Å². The molecule has 3 heteroatoms. The van der Waals surface area contributed by atoms with E-state index in [0.717, 1.165) is 0 Å². The summed E-state index contributed by atoms with van der Waals surface area (Å²) in [6, 6.07) is 39.9. The van der Waals surface area contributed by atoms with Gasteiger partial charge in [-0.1, -0.05) is 152 Å². The van der Waals surface area contributed by atoms with Crippen molar-refractivity contribution in [1.82, 2.24) is 0 Å². The highest BCUT2D eigenvalue weighted by molar-refractivity contribution is 7.00. The fourth-order valence-corrected chi connectivity index (χ4v) is 14.4. The van der Waals surface area contributed by atoms with E-state index < -0.39 is 0 Å². The maximum atomic E-state index is 2.75. The van der Waals surface area contributed by atoms with E-state index in [1.807, 2.05) is 0 Å². The number of fused-ring (bicyclic) bond motifs is 10. The van der Waals surface area contributed by atoms with Crippen molar-refractivity contribution in [3.63, 3.8) is 0 Å². The van der Waals surface area contributed by atoms with Gasteiger partial charge in [0.1, 0.15) is 0 Å². The Hall–Kier alpha value is -5.02. The first kappa shape index (κ1) is 43.3. The molecule has 12 rings (SSSR count). The van der Waals surface area contributed by atoms with Crippen molar-refractivity contribution in [3.8, 4) is 11.1 Å². The molecule has 6 aromatic rings. The maximum Gasteiger partial charge on any atom is 0.252 e. The number of aryl methyl sites for hydroxylation is 1. The van der Waals surface area contributed by atoms with Gasteiger partial charge < -0.3 is 9.80 Å². The highest BCUT2D eigenvalue weighted by Gasteiger charge is 2.50. The minimum absolute atomic E-state index is 0.0571. The van der Waals surface area contributed by atoms with Gasteiger partial charge in [0.15, 0.2) is 0 Å². The van der Waals surface area contributed by atoms with Crippen molar-refractivity contribution in [2.75, 3.05) is 9.80 Å². The molecule has 6 aliphatic rings. The molecule has 0 amide bonds. The summed E-state index contributed by atoms with van der Waals surface area (Å²) in [6.07, 6.45) is 7.14. The van der Waals surface area contributed by atoms with Gasteiger partial charge in [-0.25, -0.2) is 0 Å². The smallest absolute Gasteiger partial charge is 0.252 e. The molecule has 6 aromatic carbocycles. The maximum absolute atomic E-state index is 2.75. The molecular formula is C64H73BN2. The van der Waals surface area contributed by atoms with E-state index in [9.17, 15) is 0 Å². The number of anilines is 6. The SMILES string of the molecule is Cc1cc2c3c(c1)N(c1cccc4c1-c1ccccc1C4(C)C)c1cc4c(cc1B3c1cc3c(cc1N2c1ccc2c(c1)C(C)(C)CCC2(C)C)C(C)(C)CCC3(C)C)C(C)(C)CCC4(C)C. The van der Waals surface area contributed by atoms with Gasteiger partial charge in [-0.15, -0.1) is 0 Å². The molecule has 0 saturated carbocycles. The van der Waals surface area contributed by atoms with Gasteiger partial charge in [-0.2, -0.15) is 0 Å². The van der Waals surface area contributed by atoms with E-state index in [1.165, 1.54) is 150 Å². The van der Waals surface area contributed by atoms with Crippen LogP contribution < -0.4 is 26.2 Å². The third kappa shape index (κ3) is 5.88. The molecule has 0 unspecified atom stereocenters. The van der Waals surface area contributed by atoms with Gasteiger partial charge in [0, 0.05) is 39.4 Å². The lowest BCUT2D eigenvalue weighted by molar-refractivity contribution is 0.332. The quantitative estimate of drug-likeness (QED) is 0.160. The van der Waals surface area contributed by atoms with Gasteiger partial charge in [0.05, 0.1) is 5.69 Å². The molecule has 2 aliphatic heterocycles. The Balaban J connectivity index is 1.23. The number of benzene rings is 6. The number of nitrogens with zero attached hydrogens (tertiary/aromatic N) is 2. The zero-order valence-electron chi connectivity index (χ0n) is 43.5. The van der Waals surface area contributed by atoms with Crippen LogP contribution in [0.25, 0.3) is 11.1 Å². The average Bonchev–Trinajstić information content (AvgIpc) is 3.51. The molecule has 0 radical (unpaired) electrons. The zero-order valence-corrected chi connectivity index (χ0v) is 43.5. The van der Waals surface area contributed by atoms with Gasteiger partial charge in [-0.05, 0) is 192 Å². The molecular weight excluding hydrogens is 808 g/mol. The van der Waals surface area contributed by atoms with Gasteiger partial charge in [0.25, 0.3) is 6.71 Å². The van der Waals surface area contributed by atoms with Crippen molar-refractivity contribution in [2.45, 2.75) is 180 Å². The Morgan fingerprint density at radius 3 is 1.37 bits per heavy atom. The first-order chi connectivity index (χ1) is 31.3. The second-order valence-corrected chi connectivity index (χ2v) is 26.6. The lowest BCUT2D eigenvalue weighted by atomic mass is 9.32. The largest absolute Gasteiger partial charge is 0.311 e. The second kappa shape index (κ2) is 13.4. The van der Waals surface area contributed by atoms with Crippen LogP contribution in [0.15, 0.2) is 97.1 Å². The first-order valence-corrected chi connectivity index (χ1v) is 25.9. The fourth-order valence-electron chi connectivity index (χ4n) is 14.4. The Morgan fingerprint density at radius 1 is 0.373 bits per heavy atom. The molecule has 0 N–H and O–H groups in total. The summed E-state index contributed by atoms with van der Waals surface area (Å²) in [7, 11) is 0. The molecule has 0 atom stereocenters. The summed E-state index contributed by atoms with van der Waals surface area (Å²) in [6.45, 7) is 37.2. The summed E-state index contributed by atoms with van der Waals surface area (Å²) in [5.74, 6) is 0. The molecule has 0 bridgehead atoms. The molecule has 0 fully saturated rings. The zero-order chi connectivity index (χ0) is 47.3. The number of hydrogen-bond acceptors (Lipinski definition) is 2. The average molecular weight is 881 g/mol. The van der Waals surface area contributed by atoms with Crippen molar-refractivity contribution in [2.24, 2.45) is 0 Å². The van der Waals surface area contributed by atoms with E-state index in [4.69, 9.17) is 0 Å².